The van der Waals surface area contributed by atoms with Crippen molar-refractivity contribution in [1.82, 2.24) is 4.90 Å². The molecule has 0 aromatic heterocycles. The topological polar surface area (TPSA) is 38.8 Å². The molecule has 1 heterocycles. The van der Waals surface area contributed by atoms with E-state index in [4.69, 9.17) is 9.47 Å². The zero-order valence-corrected chi connectivity index (χ0v) is 12.7. The van der Waals surface area contributed by atoms with Gasteiger partial charge in [0.15, 0.2) is 11.5 Å². The molecule has 0 N–H and O–H groups in total. The highest BCUT2D eigenvalue weighted by Gasteiger charge is 2.32. The Labute approximate surface area is 132 Å². The third kappa shape index (κ3) is 2.60. The number of rotatable bonds is 4. The van der Waals surface area contributed by atoms with E-state index < -0.39 is 11.6 Å². The number of hydrogen-bond donors (Lipinski definition) is 0. The van der Waals surface area contributed by atoms with Gasteiger partial charge in [-0.2, -0.15) is 0 Å². The lowest BCUT2D eigenvalue weighted by Crippen LogP contribution is -2.24. The first-order valence-electron chi connectivity index (χ1n) is 7.02. The van der Waals surface area contributed by atoms with E-state index in [1.54, 1.807) is 12.1 Å². The third-order valence-corrected chi connectivity index (χ3v) is 3.86. The van der Waals surface area contributed by atoms with Crippen LogP contribution in [0, 0.1) is 11.6 Å². The highest BCUT2D eigenvalue weighted by Crippen LogP contribution is 2.38. The van der Waals surface area contributed by atoms with Gasteiger partial charge in [0, 0.05) is 18.7 Å². The average Bonchev–Trinajstić information content (AvgIpc) is 2.86. The number of halogens is 2. The standard InChI is InChI=1S/C17H15F2NO3/c1-22-14-6-3-10-8-20(17(21)15(10)16(14)23-2)9-11-7-12(18)4-5-13(11)19/h3-7H,8-9H2,1-2H3. The first-order chi connectivity index (χ1) is 11.0. The van der Waals surface area contributed by atoms with Gasteiger partial charge in [-0.1, -0.05) is 6.07 Å². The summed E-state index contributed by atoms with van der Waals surface area (Å²) in [6.07, 6.45) is 0. The predicted octanol–water partition coefficient (Wildman–Crippen LogP) is 3.14. The molecule has 2 aromatic rings. The van der Waals surface area contributed by atoms with E-state index in [-0.39, 0.29) is 18.0 Å². The van der Waals surface area contributed by atoms with Gasteiger partial charge in [-0.05, 0) is 29.8 Å². The van der Waals surface area contributed by atoms with Gasteiger partial charge in [0.25, 0.3) is 5.91 Å². The Bertz CT molecular complexity index is 777. The van der Waals surface area contributed by atoms with Crippen LogP contribution in [0.4, 0.5) is 8.78 Å². The molecule has 0 saturated heterocycles. The minimum atomic E-state index is -0.542. The molecular weight excluding hydrogens is 304 g/mol. The molecule has 0 fully saturated rings. The van der Waals surface area contributed by atoms with Crippen LogP contribution in [0.2, 0.25) is 0 Å². The Kier molecular flexibility index (Phi) is 3.90. The Balaban J connectivity index is 1.93. The number of carbonyl (C=O) groups is 1. The lowest BCUT2D eigenvalue weighted by molar-refractivity contribution is 0.0762. The molecule has 1 aliphatic heterocycles. The van der Waals surface area contributed by atoms with Crippen molar-refractivity contribution in [1.29, 1.82) is 0 Å². The molecule has 0 spiro atoms. The molecule has 4 nitrogen and oxygen atoms in total. The lowest BCUT2D eigenvalue weighted by Gasteiger charge is -2.16. The summed E-state index contributed by atoms with van der Waals surface area (Å²) < 4.78 is 37.6. The van der Waals surface area contributed by atoms with Gasteiger partial charge in [0.05, 0.1) is 19.8 Å². The summed E-state index contributed by atoms with van der Waals surface area (Å²) in [6.45, 7) is 0.299. The number of ether oxygens (including phenoxy) is 2. The van der Waals surface area contributed by atoms with E-state index in [0.717, 1.165) is 23.8 Å². The first kappa shape index (κ1) is 15.3. The molecule has 0 bridgehead atoms. The maximum Gasteiger partial charge on any atom is 0.258 e. The van der Waals surface area contributed by atoms with Crippen LogP contribution in [0.15, 0.2) is 30.3 Å². The number of nitrogens with zero attached hydrogens (tertiary/aromatic N) is 1. The number of methoxy groups -OCH3 is 2. The van der Waals surface area contributed by atoms with Crippen molar-refractivity contribution in [2.24, 2.45) is 0 Å². The Hall–Kier alpha value is -2.63. The average molecular weight is 319 g/mol. The van der Waals surface area contributed by atoms with Gasteiger partial charge >= 0.3 is 0 Å². The Morgan fingerprint density at radius 1 is 1.13 bits per heavy atom. The molecule has 0 unspecified atom stereocenters. The SMILES string of the molecule is COc1ccc2c(c1OC)C(=O)N(Cc1cc(F)ccc1F)C2. The molecule has 23 heavy (non-hydrogen) atoms. The molecule has 0 radical (unpaired) electrons. The summed E-state index contributed by atoms with van der Waals surface area (Å²) in [7, 11) is 2.95. The minimum Gasteiger partial charge on any atom is -0.493 e. The highest BCUT2D eigenvalue weighted by molar-refractivity contribution is 6.01. The summed E-state index contributed by atoms with van der Waals surface area (Å²) in [5.74, 6) is -0.556. The lowest BCUT2D eigenvalue weighted by atomic mass is 10.1. The zero-order chi connectivity index (χ0) is 16.6. The molecule has 2 aromatic carbocycles. The number of benzene rings is 2. The van der Waals surface area contributed by atoms with E-state index in [0.29, 0.717) is 23.6 Å². The van der Waals surface area contributed by atoms with Crippen LogP contribution in [0.3, 0.4) is 0 Å². The summed E-state index contributed by atoms with van der Waals surface area (Å²) in [4.78, 5) is 14.1. The largest absolute Gasteiger partial charge is 0.493 e. The number of fused-ring (bicyclic) bond motifs is 1. The quantitative estimate of drug-likeness (QED) is 0.869. The Morgan fingerprint density at radius 3 is 2.61 bits per heavy atom. The fraction of sp³-hybridized carbons (Fsp3) is 0.235. The molecular formula is C17H15F2NO3. The van der Waals surface area contributed by atoms with Crippen LogP contribution in [-0.4, -0.2) is 25.0 Å². The zero-order valence-electron chi connectivity index (χ0n) is 12.7. The van der Waals surface area contributed by atoms with Crippen LogP contribution < -0.4 is 9.47 Å². The van der Waals surface area contributed by atoms with Crippen molar-refractivity contribution in [3.05, 3.63) is 58.7 Å². The summed E-state index contributed by atoms with van der Waals surface area (Å²) >= 11 is 0. The molecule has 0 aliphatic carbocycles. The fourth-order valence-corrected chi connectivity index (χ4v) is 2.77. The van der Waals surface area contributed by atoms with E-state index in [1.807, 2.05) is 0 Å². The van der Waals surface area contributed by atoms with Crippen LogP contribution in [-0.2, 0) is 13.1 Å². The van der Waals surface area contributed by atoms with Gasteiger partial charge in [-0.3, -0.25) is 4.79 Å². The van der Waals surface area contributed by atoms with Crippen LogP contribution in [0.1, 0.15) is 21.5 Å². The van der Waals surface area contributed by atoms with Crippen molar-refractivity contribution in [3.63, 3.8) is 0 Å². The van der Waals surface area contributed by atoms with E-state index >= 15 is 0 Å². The van der Waals surface area contributed by atoms with E-state index in [2.05, 4.69) is 0 Å². The van der Waals surface area contributed by atoms with Crippen molar-refractivity contribution < 1.29 is 23.0 Å². The van der Waals surface area contributed by atoms with Crippen molar-refractivity contribution in [2.45, 2.75) is 13.1 Å². The molecule has 120 valence electrons. The second-order valence-corrected chi connectivity index (χ2v) is 5.23. The van der Waals surface area contributed by atoms with Crippen LogP contribution >= 0.6 is 0 Å². The second-order valence-electron chi connectivity index (χ2n) is 5.23. The van der Waals surface area contributed by atoms with Crippen molar-refractivity contribution in [2.75, 3.05) is 14.2 Å². The predicted molar refractivity (Wildman–Crippen MR) is 79.5 cm³/mol. The van der Waals surface area contributed by atoms with Gasteiger partial charge in [-0.15, -0.1) is 0 Å². The molecule has 1 amide bonds. The maximum absolute atomic E-state index is 13.8. The Morgan fingerprint density at radius 2 is 1.91 bits per heavy atom. The smallest absolute Gasteiger partial charge is 0.258 e. The molecule has 3 rings (SSSR count). The first-order valence-corrected chi connectivity index (χ1v) is 7.02. The van der Waals surface area contributed by atoms with Gasteiger partial charge in [0.2, 0.25) is 0 Å². The molecule has 6 heteroatoms. The van der Waals surface area contributed by atoms with Gasteiger partial charge in [0.1, 0.15) is 11.6 Å². The normalized spacial score (nSPS) is 13.2. The fourth-order valence-electron chi connectivity index (χ4n) is 2.77. The van der Waals surface area contributed by atoms with Crippen LogP contribution in [0.5, 0.6) is 11.5 Å². The summed E-state index contributed by atoms with van der Waals surface area (Å²) in [5, 5.41) is 0. The van der Waals surface area contributed by atoms with Crippen LogP contribution in [0.25, 0.3) is 0 Å². The molecule has 1 aliphatic rings. The van der Waals surface area contributed by atoms with E-state index in [9.17, 15) is 13.6 Å². The van der Waals surface area contributed by atoms with Gasteiger partial charge < -0.3 is 14.4 Å². The number of carbonyl (C=O) groups excluding carboxylic acids is 1. The van der Waals surface area contributed by atoms with Gasteiger partial charge in [-0.25, -0.2) is 8.78 Å². The van der Waals surface area contributed by atoms with Crippen molar-refractivity contribution >= 4 is 5.91 Å². The number of hydrogen-bond acceptors (Lipinski definition) is 3. The summed E-state index contributed by atoms with van der Waals surface area (Å²) in [6, 6.07) is 6.70. The van der Waals surface area contributed by atoms with Crippen molar-refractivity contribution in [3.8, 4) is 11.5 Å². The highest BCUT2D eigenvalue weighted by atomic mass is 19.1. The molecule has 0 atom stereocenters. The van der Waals surface area contributed by atoms with E-state index in [1.165, 1.54) is 19.1 Å². The second kappa shape index (κ2) is 5.87. The third-order valence-electron chi connectivity index (χ3n) is 3.86. The summed E-state index contributed by atoms with van der Waals surface area (Å²) in [5.41, 5.74) is 1.31. The monoisotopic (exact) mass is 319 g/mol. The molecule has 0 saturated carbocycles. The number of amides is 1. The minimum absolute atomic E-state index is 0.0113. The maximum atomic E-state index is 13.8.